The van der Waals surface area contributed by atoms with E-state index in [9.17, 15) is 0 Å². The van der Waals surface area contributed by atoms with Gasteiger partial charge >= 0.3 is 33.9 Å². The van der Waals surface area contributed by atoms with Crippen molar-refractivity contribution in [2.75, 3.05) is 20.8 Å². The van der Waals surface area contributed by atoms with Crippen LogP contribution in [0.5, 0.6) is 5.75 Å². The zero-order chi connectivity index (χ0) is 17.8. The van der Waals surface area contributed by atoms with Crippen LogP contribution in [0.15, 0.2) is 36.9 Å². The number of ether oxygens (including phenoxy) is 3. The summed E-state index contributed by atoms with van der Waals surface area (Å²) in [4.78, 5) is 0. The Bertz CT molecular complexity index is 427. The summed E-state index contributed by atoms with van der Waals surface area (Å²) in [5.74, 6) is 0.771. The number of para-hydroxylation sites is 1. The molecule has 0 aliphatic heterocycles. The molecule has 0 aliphatic carbocycles. The summed E-state index contributed by atoms with van der Waals surface area (Å²) in [5.41, 5.74) is 0.900. The molecule has 0 aromatic heterocycles. The molecule has 0 aliphatic rings. The molecule has 0 unspecified atom stereocenters. The number of methoxy groups -OCH3 is 2. The Hall–Kier alpha value is -1.57. The minimum atomic E-state index is -0.393. The van der Waals surface area contributed by atoms with Gasteiger partial charge in [0.2, 0.25) is 0 Å². The van der Waals surface area contributed by atoms with Crippen LogP contribution < -0.4 is 4.74 Å². The van der Waals surface area contributed by atoms with E-state index < -0.39 is 6.29 Å². The Balaban J connectivity index is -0.000000231. The fourth-order valence-corrected chi connectivity index (χ4v) is 1.40. The van der Waals surface area contributed by atoms with Crippen molar-refractivity contribution >= 4 is 0 Å². The first-order valence-electron chi connectivity index (χ1n) is 5.83. The molecular formula is C16H18CrO6. The molecule has 0 saturated carbocycles. The standard InChI is InChI=1S/C13H18O3.3CO.Cr/c1-4-5-10-16-13(15-3)11-8-6-7-9-12(11)14-2;3*1-2;/h4,6-9,13H,1,5,10H2,2-3H3;;;;/t13-;;;;/m1..../s1. The maximum Gasteiger partial charge on any atom is 0 e. The molecular weight excluding hydrogens is 340 g/mol. The van der Waals surface area contributed by atoms with Gasteiger partial charge < -0.3 is 14.2 Å². The van der Waals surface area contributed by atoms with Crippen LogP contribution in [0.3, 0.4) is 0 Å². The second-order valence-corrected chi connectivity index (χ2v) is 3.26. The third kappa shape index (κ3) is 13.8. The van der Waals surface area contributed by atoms with Gasteiger partial charge in [-0.05, 0) is 12.5 Å². The van der Waals surface area contributed by atoms with Crippen LogP contribution in [0, 0.1) is 20.0 Å². The molecule has 1 atom stereocenters. The summed E-state index contributed by atoms with van der Waals surface area (Å²) in [6.45, 7) is 17.7. The molecule has 0 fully saturated rings. The van der Waals surface area contributed by atoms with E-state index in [1.165, 1.54) is 0 Å². The van der Waals surface area contributed by atoms with Crippen molar-refractivity contribution in [1.29, 1.82) is 0 Å². The van der Waals surface area contributed by atoms with E-state index in [0.29, 0.717) is 6.61 Å². The maximum atomic E-state index is 7.50. The third-order valence-corrected chi connectivity index (χ3v) is 2.20. The topological polar surface area (TPSA) is 87.4 Å². The predicted molar refractivity (Wildman–Crippen MR) is 75.3 cm³/mol. The van der Waals surface area contributed by atoms with E-state index in [1.54, 1.807) is 14.2 Å². The van der Waals surface area contributed by atoms with Gasteiger partial charge in [0.15, 0.2) is 6.29 Å². The van der Waals surface area contributed by atoms with Gasteiger partial charge in [0.1, 0.15) is 5.75 Å². The number of rotatable bonds is 7. The second-order valence-electron chi connectivity index (χ2n) is 3.26. The van der Waals surface area contributed by atoms with Crippen LogP contribution in [0.25, 0.3) is 0 Å². The second kappa shape index (κ2) is 25.4. The molecule has 6 nitrogen and oxygen atoms in total. The van der Waals surface area contributed by atoms with Crippen molar-refractivity contribution < 1.29 is 45.5 Å². The van der Waals surface area contributed by atoms with E-state index in [2.05, 4.69) is 26.5 Å². The quantitative estimate of drug-likeness (QED) is 0.247. The molecule has 0 bridgehead atoms. The van der Waals surface area contributed by atoms with Gasteiger partial charge in [-0.3, -0.25) is 0 Å². The minimum absolute atomic E-state index is 0. The van der Waals surface area contributed by atoms with Crippen LogP contribution in [0.1, 0.15) is 18.3 Å². The smallest absolute Gasteiger partial charge is 0 e. The first-order chi connectivity index (χ1) is 10.8. The molecule has 0 N–H and O–H groups in total. The molecule has 7 heteroatoms. The normalized spacial score (nSPS) is 8.70. The summed E-state index contributed by atoms with van der Waals surface area (Å²) in [6.07, 6.45) is 2.22. The number of benzene rings is 1. The summed E-state index contributed by atoms with van der Waals surface area (Å²) >= 11 is 0. The maximum absolute atomic E-state index is 7.50. The number of hydrogen-bond donors (Lipinski definition) is 0. The summed E-state index contributed by atoms with van der Waals surface area (Å²) in [6, 6.07) is 7.67. The fraction of sp³-hybridized carbons (Fsp3) is 0.312. The molecule has 23 heavy (non-hydrogen) atoms. The van der Waals surface area contributed by atoms with Gasteiger partial charge in [-0.25, -0.2) is 0 Å². The Kier molecular flexibility index (Phi) is 32.5. The Morgan fingerprint density at radius 2 is 1.61 bits per heavy atom. The van der Waals surface area contributed by atoms with E-state index >= 15 is 0 Å². The van der Waals surface area contributed by atoms with Gasteiger partial charge in [0.05, 0.1) is 13.7 Å². The van der Waals surface area contributed by atoms with Crippen molar-refractivity contribution in [2.45, 2.75) is 12.7 Å². The molecule has 0 amide bonds. The molecule has 1 aromatic carbocycles. The van der Waals surface area contributed by atoms with Crippen molar-refractivity contribution in [2.24, 2.45) is 0 Å². The average molecular weight is 358 g/mol. The summed E-state index contributed by atoms with van der Waals surface area (Å²) in [5, 5.41) is 0. The first kappa shape index (κ1) is 29.4. The number of hydrogen-bond acceptors (Lipinski definition) is 3. The van der Waals surface area contributed by atoms with Gasteiger partial charge in [-0.1, -0.05) is 24.3 Å². The Morgan fingerprint density at radius 1 is 1.09 bits per heavy atom. The van der Waals surface area contributed by atoms with Gasteiger partial charge in [0, 0.05) is 30.0 Å². The molecule has 0 spiro atoms. The van der Waals surface area contributed by atoms with Crippen LogP contribution in [0.2, 0.25) is 0 Å². The molecule has 0 radical (unpaired) electrons. The first-order valence-corrected chi connectivity index (χ1v) is 5.83. The molecule has 0 saturated heterocycles. The fourth-order valence-electron chi connectivity index (χ4n) is 1.40. The predicted octanol–water partition coefficient (Wildman–Crippen LogP) is 2.82. The van der Waals surface area contributed by atoms with Crippen molar-refractivity contribution in [1.82, 2.24) is 0 Å². The summed E-state index contributed by atoms with van der Waals surface area (Å²) in [7, 11) is 3.25. The Morgan fingerprint density at radius 3 is 2.04 bits per heavy atom. The van der Waals surface area contributed by atoms with E-state index in [-0.39, 0.29) is 17.4 Å². The average Bonchev–Trinajstić information content (AvgIpc) is 2.64. The Labute approximate surface area is 147 Å². The van der Waals surface area contributed by atoms with Crippen molar-refractivity contribution in [3.8, 4) is 5.75 Å². The van der Waals surface area contributed by atoms with E-state index in [0.717, 1.165) is 17.7 Å². The van der Waals surface area contributed by atoms with E-state index in [1.807, 2.05) is 30.3 Å². The van der Waals surface area contributed by atoms with Crippen molar-refractivity contribution in [3.05, 3.63) is 62.4 Å². The third-order valence-electron chi connectivity index (χ3n) is 2.20. The van der Waals surface area contributed by atoms with Crippen LogP contribution >= 0.6 is 0 Å². The molecule has 124 valence electrons. The van der Waals surface area contributed by atoms with Crippen molar-refractivity contribution in [3.63, 3.8) is 0 Å². The van der Waals surface area contributed by atoms with Gasteiger partial charge in [-0.2, -0.15) is 0 Å². The van der Waals surface area contributed by atoms with Crippen LogP contribution in [-0.4, -0.2) is 20.8 Å². The zero-order valence-electron chi connectivity index (χ0n) is 12.9. The van der Waals surface area contributed by atoms with Crippen LogP contribution in [0.4, 0.5) is 0 Å². The monoisotopic (exact) mass is 358 g/mol. The minimum Gasteiger partial charge on any atom is 0 e. The van der Waals surface area contributed by atoms with E-state index in [4.69, 9.17) is 28.2 Å². The van der Waals surface area contributed by atoms with Gasteiger partial charge in [0.25, 0.3) is 0 Å². The largest absolute Gasteiger partial charge is 0 e. The van der Waals surface area contributed by atoms with Gasteiger partial charge in [-0.15, -0.1) is 6.58 Å². The SMILES string of the molecule is C=CCCO[C@@H](OC)c1ccccc1OC.[C-]#[O+].[C-]#[O+].[C-]#[O+].[Cr]. The van der Waals surface area contributed by atoms with Crippen LogP contribution in [-0.2, 0) is 40.8 Å². The summed E-state index contributed by atoms with van der Waals surface area (Å²) < 4.78 is 38.6. The molecule has 0 heterocycles. The molecule has 1 aromatic rings. The molecule has 1 rings (SSSR count). The zero-order valence-corrected chi connectivity index (χ0v) is 14.2.